The zero-order valence-electron chi connectivity index (χ0n) is 17.7. The smallest absolute Gasteiger partial charge is 0.326 e. The minimum Gasteiger partial charge on any atom is -0.326 e. The summed E-state index contributed by atoms with van der Waals surface area (Å²) < 4.78 is 6.31. The van der Waals surface area contributed by atoms with Crippen LogP contribution in [0.5, 0.6) is 0 Å². The first kappa shape index (κ1) is 21.4. The molecule has 168 valence electrons. The van der Waals surface area contributed by atoms with Gasteiger partial charge >= 0.3 is 5.76 Å². The van der Waals surface area contributed by atoms with E-state index in [4.69, 9.17) is 16.7 Å². The van der Waals surface area contributed by atoms with E-state index in [1.807, 2.05) is 48.7 Å². The number of halogens is 1. The number of hydrogen-bond acceptors (Lipinski definition) is 5. The molecule has 0 spiro atoms. The summed E-state index contributed by atoms with van der Waals surface area (Å²) in [6, 6.07) is 24.0. The Balaban J connectivity index is 1.42. The molecular weight excluding hydrogens is 454 g/mol. The minimum absolute atomic E-state index is 0.107. The van der Waals surface area contributed by atoms with E-state index in [-0.39, 0.29) is 18.2 Å². The van der Waals surface area contributed by atoms with Crippen LogP contribution in [0.3, 0.4) is 0 Å². The average Bonchev–Trinajstić information content (AvgIpc) is 3.47. The SMILES string of the molecule is O=C(Cc1cn(-c2ccccc2)nc1-c1ccc(Cl)cc1)Nc1cccc(-c2noc(=O)[nH]2)c1. The molecule has 1 amide bonds. The Bertz CT molecular complexity index is 1500. The highest BCUT2D eigenvalue weighted by molar-refractivity contribution is 6.30. The van der Waals surface area contributed by atoms with Crippen molar-refractivity contribution in [3.05, 3.63) is 106 Å². The molecule has 2 N–H and O–H groups in total. The maximum absolute atomic E-state index is 13.0. The molecule has 2 heterocycles. The average molecular weight is 472 g/mol. The zero-order chi connectivity index (χ0) is 23.5. The molecule has 3 aromatic carbocycles. The Labute approximate surface area is 198 Å². The molecule has 0 unspecified atom stereocenters. The van der Waals surface area contributed by atoms with Crippen LogP contribution in [-0.4, -0.2) is 25.8 Å². The van der Waals surface area contributed by atoms with Gasteiger partial charge in [0.25, 0.3) is 0 Å². The second kappa shape index (κ2) is 9.21. The molecule has 2 aromatic heterocycles. The van der Waals surface area contributed by atoms with Crippen LogP contribution in [0.25, 0.3) is 28.3 Å². The number of carbonyl (C=O) groups excluding carboxylic acids is 1. The van der Waals surface area contributed by atoms with E-state index in [2.05, 4.69) is 20.0 Å². The summed E-state index contributed by atoms with van der Waals surface area (Å²) in [4.78, 5) is 26.7. The van der Waals surface area contributed by atoms with Crippen LogP contribution >= 0.6 is 11.6 Å². The molecular formula is C25H18ClN5O3. The zero-order valence-corrected chi connectivity index (χ0v) is 18.5. The van der Waals surface area contributed by atoms with Crippen molar-refractivity contribution in [2.24, 2.45) is 0 Å². The van der Waals surface area contributed by atoms with E-state index in [1.165, 1.54) is 0 Å². The number of benzene rings is 3. The Morgan fingerprint density at radius 1 is 1.00 bits per heavy atom. The van der Waals surface area contributed by atoms with Crippen LogP contribution in [0.2, 0.25) is 5.02 Å². The first-order chi connectivity index (χ1) is 16.5. The number of hydrogen-bond donors (Lipinski definition) is 2. The van der Waals surface area contributed by atoms with Crippen LogP contribution in [0, 0.1) is 0 Å². The molecule has 0 saturated carbocycles. The van der Waals surface area contributed by atoms with Gasteiger partial charge in [-0.25, -0.2) is 9.48 Å². The number of amides is 1. The van der Waals surface area contributed by atoms with E-state index in [9.17, 15) is 9.59 Å². The van der Waals surface area contributed by atoms with Gasteiger partial charge < -0.3 is 5.32 Å². The van der Waals surface area contributed by atoms with Crippen molar-refractivity contribution in [3.8, 4) is 28.3 Å². The second-order valence-corrected chi connectivity index (χ2v) is 7.98. The van der Waals surface area contributed by atoms with Crippen molar-refractivity contribution in [2.75, 3.05) is 5.32 Å². The van der Waals surface area contributed by atoms with Gasteiger partial charge in [0.2, 0.25) is 5.91 Å². The van der Waals surface area contributed by atoms with Gasteiger partial charge in [-0.1, -0.05) is 59.2 Å². The predicted octanol–water partition coefficient (Wildman–Crippen LogP) is 4.72. The van der Waals surface area contributed by atoms with Crippen LogP contribution in [-0.2, 0) is 11.2 Å². The summed E-state index contributed by atoms with van der Waals surface area (Å²) in [5.41, 5.74) is 4.39. The topological polar surface area (TPSA) is 106 Å². The molecule has 5 rings (SSSR count). The number of aromatic nitrogens is 4. The summed E-state index contributed by atoms with van der Waals surface area (Å²) in [6.45, 7) is 0. The standard InChI is InChI=1S/C25H18ClN5O3/c26-19-11-9-16(10-12-19)23-18(15-31(29-23)21-7-2-1-3-8-21)14-22(32)27-20-6-4-5-17(13-20)24-28-25(33)34-30-24/h1-13,15H,14H2,(H,27,32)(H,28,30,33). The Kier molecular flexibility index (Phi) is 5.80. The lowest BCUT2D eigenvalue weighted by Gasteiger charge is -2.07. The van der Waals surface area contributed by atoms with Gasteiger partial charge in [-0.05, 0) is 36.4 Å². The van der Waals surface area contributed by atoms with Crippen LogP contribution < -0.4 is 11.1 Å². The van der Waals surface area contributed by atoms with Gasteiger partial charge in [0, 0.05) is 33.6 Å². The predicted molar refractivity (Wildman–Crippen MR) is 129 cm³/mol. The number of rotatable bonds is 6. The number of anilines is 1. The van der Waals surface area contributed by atoms with Crippen molar-refractivity contribution in [2.45, 2.75) is 6.42 Å². The maximum Gasteiger partial charge on any atom is 0.439 e. The molecule has 34 heavy (non-hydrogen) atoms. The normalized spacial score (nSPS) is 10.9. The highest BCUT2D eigenvalue weighted by Gasteiger charge is 2.16. The molecule has 0 aliphatic heterocycles. The van der Waals surface area contributed by atoms with Gasteiger partial charge in [-0.15, -0.1) is 0 Å². The van der Waals surface area contributed by atoms with Crippen molar-refractivity contribution < 1.29 is 9.32 Å². The fraction of sp³-hybridized carbons (Fsp3) is 0.0400. The van der Waals surface area contributed by atoms with E-state index < -0.39 is 5.76 Å². The lowest BCUT2D eigenvalue weighted by molar-refractivity contribution is -0.115. The number of para-hydroxylation sites is 1. The third-order valence-corrected chi connectivity index (χ3v) is 5.39. The molecule has 9 heteroatoms. The molecule has 0 saturated heterocycles. The fourth-order valence-electron chi connectivity index (χ4n) is 3.58. The van der Waals surface area contributed by atoms with E-state index in [0.717, 1.165) is 16.8 Å². The molecule has 0 bridgehead atoms. The van der Waals surface area contributed by atoms with E-state index in [1.54, 1.807) is 41.1 Å². The van der Waals surface area contributed by atoms with E-state index in [0.29, 0.717) is 22.0 Å². The van der Waals surface area contributed by atoms with E-state index >= 15 is 0 Å². The molecule has 0 aliphatic rings. The quantitative estimate of drug-likeness (QED) is 0.373. The third kappa shape index (κ3) is 4.67. The van der Waals surface area contributed by atoms with Crippen molar-refractivity contribution in [1.82, 2.24) is 19.9 Å². The van der Waals surface area contributed by atoms with Crippen molar-refractivity contribution >= 4 is 23.2 Å². The van der Waals surface area contributed by atoms with Gasteiger partial charge in [0.1, 0.15) is 0 Å². The number of nitrogens with one attached hydrogen (secondary N) is 2. The molecule has 0 aliphatic carbocycles. The monoisotopic (exact) mass is 471 g/mol. The maximum atomic E-state index is 13.0. The second-order valence-electron chi connectivity index (χ2n) is 7.54. The lowest BCUT2D eigenvalue weighted by atomic mass is 10.1. The summed E-state index contributed by atoms with van der Waals surface area (Å²) >= 11 is 6.05. The van der Waals surface area contributed by atoms with Crippen molar-refractivity contribution in [1.29, 1.82) is 0 Å². The van der Waals surface area contributed by atoms with Gasteiger partial charge in [0.05, 0.1) is 17.8 Å². The number of aromatic amines is 1. The van der Waals surface area contributed by atoms with Gasteiger partial charge in [-0.2, -0.15) is 5.10 Å². The summed E-state index contributed by atoms with van der Waals surface area (Å²) in [5, 5.41) is 11.9. The molecule has 0 radical (unpaired) electrons. The summed E-state index contributed by atoms with van der Waals surface area (Å²) in [7, 11) is 0. The highest BCUT2D eigenvalue weighted by atomic mass is 35.5. The first-order valence-electron chi connectivity index (χ1n) is 10.4. The van der Waals surface area contributed by atoms with Crippen LogP contribution in [0.4, 0.5) is 5.69 Å². The number of H-pyrrole nitrogens is 1. The Morgan fingerprint density at radius 2 is 1.79 bits per heavy atom. The molecule has 0 fully saturated rings. The molecule has 5 aromatic rings. The first-order valence-corrected chi connectivity index (χ1v) is 10.8. The lowest BCUT2D eigenvalue weighted by Crippen LogP contribution is -2.14. The number of carbonyl (C=O) groups is 1. The number of nitrogens with zero attached hydrogens (tertiary/aromatic N) is 3. The summed E-state index contributed by atoms with van der Waals surface area (Å²) in [6.07, 6.45) is 1.96. The Morgan fingerprint density at radius 3 is 2.53 bits per heavy atom. The molecule has 8 nitrogen and oxygen atoms in total. The van der Waals surface area contributed by atoms with Gasteiger partial charge in [0.15, 0.2) is 5.82 Å². The minimum atomic E-state index is -0.644. The van der Waals surface area contributed by atoms with Crippen LogP contribution in [0.1, 0.15) is 5.56 Å². The van der Waals surface area contributed by atoms with Crippen molar-refractivity contribution in [3.63, 3.8) is 0 Å². The largest absolute Gasteiger partial charge is 0.439 e. The third-order valence-electron chi connectivity index (χ3n) is 5.14. The Hall–Kier alpha value is -4.43. The molecule has 0 atom stereocenters. The highest BCUT2D eigenvalue weighted by Crippen LogP contribution is 2.26. The van der Waals surface area contributed by atoms with Gasteiger partial charge in [-0.3, -0.25) is 14.3 Å². The fourth-order valence-corrected chi connectivity index (χ4v) is 3.71. The van der Waals surface area contributed by atoms with Crippen LogP contribution in [0.15, 0.2) is 94.4 Å². The summed E-state index contributed by atoms with van der Waals surface area (Å²) in [5.74, 6) is -0.571.